The minimum absolute atomic E-state index is 0.0254. The number of anilines is 1. The van der Waals surface area contributed by atoms with Crippen LogP contribution in [0.3, 0.4) is 0 Å². The van der Waals surface area contributed by atoms with Gasteiger partial charge in [-0.25, -0.2) is 4.39 Å². The van der Waals surface area contributed by atoms with Crippen molar-refractivity contribution in [2.24, 2.45) is 0 Å². The third kappa shape index (κ3) is 3.93. The van der Waals surface area contributed by atoms with Crippen molar-refractivity contribution in [1.82, 2.24) is 0 Å². The highest BCUT2D eigenvalue weighted by molar-refractivity contribution is 6.04. The Kier molecular flexibility index (Phi) is 4.78. The molecular weight excluding hydrogens is 344 g/mol. The molecule has 0 aliphatic carbocycles. The Balaban J connectivity index is 2.37. The van der Waals surface area contributed by atoms with Crippen molar-refractivity contribution in [3.05, 3.63) is 68.5 Å². The molecule has 5 nitrogen and oxygen atoms in total. The van der Waals surface area contributed by atoms with Gasteiger partial charge in [0, 0.05) is 17.3 Å². The van der Waals surface area contributed by atoms with Gasteiger partial charge in [-0.3, -0.25) is 14.9 Å². The van der Waals surface area contributed by atoms with Crippen LogP contribution in [0.15, 0.2) is 30.3 Å². The lowest BCUT2D eigenvalue weighted by molar-refractivity contribution is -0.385. The van der Waals surface area contributed by atoms with Crippen LogP contribution in [-0.4, -0.2) is 10.8 Å². The summed E-state index contributed by atoms with van der Waals surface area (Å²) in [4.78, 5) is 22.2. The standard InChI is InChI=1S/C16H12F4N2O3/c1-8-3-4-11(7-12(8)16(18,19)20)21-15(23)10-5-13(17)9(2)14(6-10)22(24)25/h3-7H,1-2H3,(H,21,23). The topological polar surface area (TPSA) is 72.2 Å². The Morgan fingerprint density at radius 3 is 2.36 bits per heavy atom. The minimum atomic E-state index is -4.60. The molecule has 0 bridgehead atoms. The molecule has 1 amide bonds. The maximum atomic E-state index is 13.7. The van der Waals surface area contributed by atoms with Crippen LogP contribution in [0.25, 0.3) is 0 Å². The molecule has 0 aliphatic heterocycles. The number of amides is 1. The fourth-order valence-electron chi connectivity index (χ4n) is 2.19. The number of nitrogens with one attached hydrogen (secondary N) is 1. The van der Waals surface area contributed by atoms with Crippen LogP contribution < -0.4 is 5.32 Å². The molecule has 0 aliphatic rings. The van der Waals surface area contributed by atoms with E-state index in [1.165, 1.54) is 26.0 Å². The highest BCUT2D eigenvalue weighted by Crippen LogP contribution is 2.33. The largest absolute Gasteiger partial charge is 0.416 e. The van der Waals surface area contributed by atoms with Gasteiger partial charge in [0.1, 0.15) is 5.82 Å². The summed E-state index contributed by atoms with van der Waals surface area (Å²) in [5.74, 6) is -1.92. The summed E-state index contributed by atoms with van der Waals surface area (Å²) in [6.07, 6.45) is -4.60. The quantitative estimate of drug-likeness (QED) is 0.495. The molecule has 132 valence electrons. The maximum Gasteiger partial charge on any atom is 0.416 e. The molecule has 0 heterocycles. The van der Waals surface area contributed by atoms with Crippen LogP contribution in [0, 0.1) is 29.8 Å². The number of nitrogens with zero attached hydrogens (tertiary/aromatic N) is 1. The van der Waals surface area contributed by atoms with E-state index in [0.29, 0.717) is 0 Å². The van der Waals surface area contributed by atoms with Crippen LogP contribution in [-0.2, 0) is 6.18 Å². The number of alkyl halides is 3. The predicted octanol–water partition coefficient (Wildman–Crippen LogP) is 4.62. The monoisotopic (exact) mass is 356 g/mol. The van der Waals surface area contributed by atoms with Gasteiger partial charge in [-0.1, -0.05) is 6.07 Å². The maximum absolute atomic E-state index is 13.7. The molecule has 0 saturated heterocycles. The van der Waals surface area contributed by atoms with Crippen LogP contribution in [0.4, 0.5) is 28.9 Å². The van der Waals surface area contributed by atoms with Crippen LogP contribution in [0.5, 0.6) is 0 Å². The van der Waals surface area contributed by atoms with E-state index in [9.17, 15) is 32.5 Å². The zero-order chi connectivity index (χ0) is 18.9. The number of carbonyl (C=O) groups excluding carboxylic acids is 1. The van der Waals surface area contributed by atoms with Gasteiger partial charge in [-0.2, -0.15) is 13.2 Å². The summed E-state index contributed by atoms with van der Waals surface area (Å²) >= 11 is 0. The first-order valence-electron chi connectivity index (χ1n) is 6.94. The van der Waals surface area contributed by atoms with Crippen LogP contribution in [0.1, 0.15) is 27.0 Å². The molecule has 2 aromatic carbocycles. The summed E-state index contributed by atoms with van der Waals surface area (Å²) in [6, 6.07) is 4.83. The Morgan fingerprint density at radius 2 is 1.80 bits per heavy atom. The highest BCUT2D eigenvalue weighted by atomic mass is 19.4. The fourth-order valence-corrected chi connectivity index (χ4v) is 2.19. The van der Waals surface area contributed by atoms with Gasteiger partial charge in [-0.15, -0.1) is 0 Å². The van der Waals surface area contributed by atoms with Gasteiger partial charge in [0.2, 0.25) is 0 Å². The number of aryl methyl sites for hydroxylation is 1. The summed E-state index contributed by atoms with van der Waals surface area (Å²) in [7, 11) is 0. The Labute approximate surface area is 139 Å². The van der Waals surface area contributed by atoms with E-state index in [4.69, 9.17) is 0 Å². The molecular formula is C16H12F4N2O3. The number of halogens is 4. The summed E-state index contributed by atoms with van der Waals surface area (Å²) in [6.45, 7) is 2.46. The smallest absolute Gasteiger partial charge is 0.322 e. The average molecular weight is 356 g/mol. The zero-order valence-electron chi connectivity index (χ0n) is 13.1. The van der Waals surface area contributed by atoms with Crippen LogP contribution >= 0.6 is 0 Å². The average Bonchev–Trinajstić information content (AvgIpc) is 2.50. The lowest BCUT2D eigenvalue weighted by Crippen LogP contribution is -2.15. The number of hydrogen-bond donors (Lipinski definition) is 1. The zero-order valence-corrected chi connectivity index (χ0v) is 13.1. The third-order valence-corrected chi connectivity index (χ3v) is 3.58. The van der Waals surface area contributed by atoms with Gasteiger partial charge in [0.05, 0.1) is 16.1 Å². The molecule has 0 fully saturated rings. The molecule has 0 spiro atoms. The second kappa shape index (κ2) is 6.50. The van der Waals surface area contributed by atoms with Gasteiger partial charge < -0.3 is 5.32 Å². The van der Waals surface area contributed by atoms with Crippen molar-refractivity contribution in [3.63, 3.8) is 0 Å². The first kappa shape index (κ1) is 18.4. The molecule has 0 saturated carbocycles. The lowest BCUT2D eigenvalue weighted by Gasteiger charge is -2.13. The van der Waals surface area contributed by atoms with Crippen molar-refractivity contribution in [2.45, 2.75) is 20.0 Å². The highest BCUT2D eigenvalue weighted by Gasteiger charge is 2.32. The predicted molar refractivity (Wildman–Crippen MR) is 81.9 cm³/mol. The number of nitro groups is 1. The summed E-state index contributed by atoms with van der Waals surface area (Å²) in [5, 5.41) is 13.1. The second-order valence-electron chi connectivity index (χ2n) is 5.34. The first-order valence-corrected chi connectivity index (χ1v) is 6.94. The SMILES string of the molecule is Cc1ccc(NC(=O)c2cc(F)c(C)c([N+](=O)[O-])c2)cc1C(F)(F)F. The van der Waals surface area contributed by atoms with E-state index in [-0.39, 0.29) is 22.4 Å². The molecule has 9 heteroatoms. The normalized spacial score (nSPS) is 11.3. The molecule has 1 N–H and O–H groups in total. The van der Waals surface area contributed by atoms with E-state index >= 15 is 0 Å². The molecule has 0 radical (unpaired) electrons. The number of carbonyl (C=O) groups is 1. The number of benzene rings is 2. The van der Waals surface area contributed by atoms with Crippen molar-refractivity contribution in [1.29, 1.82) is 0 Å². The second-order valence-corrected chi connectivity index (χ2v) is 5.34. The van der Waals surface area contributed by atoms with Crippen molar-refractivity contribution < 1.29 is 27.3 Å². The van der Waals surface area contributed by atoms with Crippen molar-refractivity contribution in [2.75, 3.05) is 5.32 Å². The fraction of sp³-hybridized carbons (Fsp3) is 0.188. The van der Waals surface area contributed by atoms with Gasteiger partial charge in [-0.05, 0) is 37.6 Å². The molecule has 0 atom stereocenters. The van der Waals surface area contributed by atoms with E-state index in [1.807, 2.05) is 0 Å². The molecule has 0 unspecified atom stereocenters. The molecule has 2 rings (SSSR count). The number of hydrogen-bond acceptors (Lipinski definition) is 3. The first-order chi connectivity index (χ1) is 11.5. The molecule has 0 aromatic heterocycles. The van der Waals surface area contributed by atoms with Gasteiger partial charge in [0.15, 0.2) is 0 Å². The summed E-state index contributed by atoms with van der Waals surface area (Å²) in [5.41, 5.74) is -2.31. The van der Waals surface area contributed by atoms with E-state index in [0.717, 1.165) is 18.2 Å². The number of rotatable bonds is 3. The van der Waals surface area contributed by atoms with Crippen molar-refractivity contribution in [3.8, 4) is 0 Å². The van der Waals surface area contributed by atoms with Gasteiger partial charge in [0.25, 0.3) is 11.6 Å². The Hall–Kier alpha value is -2.97. The lowest BCUT2D eigenvalue weighted by atomic mass is 10.1. The van der Waals surface area contributed by atoms with Gasteiger partial charge >= 0.3 is 6.18 Å². The van der Waals surface area contributed by atoms with E-state index in [1.54, 1.807) is 0 Å². The summed E-state index contributed by atoms with van der Waals surface area (Å²) < 4.78 is 52.4. The van der Waals surface area contributed by atoms with Crippen molar-refractivity contribution >= 4 is 17.3 Å². The Morgan fingerprint density at radius 1 is 1.16 bits per heavy atom. The third-order valence-electron chi connectivity index (χ3n) is 3.58. The van der Waals surface area contributed by atoms with E-state index < -0.39 is 34.1 Å². The number of nitro benzene ring substituents is 1. The molecule has 2 aromatic rings. The minimum Gasteiger partial charge on any atom is -0.322 e. The van der Waals surface area contributed by atoms with E-state index in [2.05, 4.69) is 5.32 Å². The molecule has 25 heavy (non-hydrogen) atoms. The Bertz CT molecular complexity index is 863. The van der Waals surface area contributed by atoms with Crippen LogP contribution in [0.2, 0.25) is 0 Å².